The van der Waals surface area contributed by atoms with Crippen molar-refractivity contribution in [1.29, 1.82) is 0 Å². The molecule has 0 saturated carbocycles. The Morgan fingerprint density at radius 2 is 0.667 bits per heavy atom. The summed E-state index contributed by atoms with van der Waals surface area (Å²) in [6.07, 6.45) is 6.11. The molecule has 1 aliphatic heterocycles. The van der Waals surface area contributed by atoms with Crippen LogP contribution in [0.25, 0.3) is 28.1 Å². The number of para-hydroxylation sites is 1. The van der Waals surface area contributed by atoms with E-state index in [-0.39, 0.29) is 103 Å². The Labute approximate surface area is 495 Å². The number of aromatic nitrogens is 1. The molecule has 8 nitrogen and oxygen atoms in total. The summed E-state index contributed by atoms with van der Waals surface area (Å²) >= 11 is 0. The van der Waals surface area contributed by atoms with Gasteiger partial charge in [-0.05, 0) is 35.4 Å². The molecular weight excluding hydrogens is 1100 g/mol. The molecule has 1 aromatic heterocycles. The Morgan fingerprint density at radius 3 is 1.00 bits per heavy atom. The minimum atomic E-state index is -0.139. The van der Waals surface area contributed by atoms with Gasteiger partial charge in [0.25, 0.3) is 0 Å². The maximum absolute atomic E-state index is 11.8. The third kappa shape index (κ3) is 16.0. The molecule has 0 aliphatic carbocycles. The van der Waals surface area contributed by atoms with Gasteiger partial charge in [-0.2, -0.15) is 0 Å². The van der Waals surface area contributed by atoms with Crippen LogP contribution in [0.4, 0.5) is 11.4 Å². The fourth-order valence-corrected chi connectivity index (χ4v) is 8.52. The molecule has 1 aliphatic rings. The number of ketones is 6. The van der Waals surface area contributed by atoms with E-state index in [2.05, 4.69) is 95.9 Å². The smallest absolute Gasteiger partial charge is 0.170 e. The van der Waals surface area contributed by atoms with Crippen LogP contribution in [0.3, 0.4) is 0 Å². The van der Waals surface area contributed by atoms with E-state index in [1.165, 1.54) is 33.5 Å². The zero-order valence-corrected chi connectivity index (χ0v) is 45.0. The van der Waals surface area contributed by atoms with E-state index in [0.29, 0.717) is 33.4 Å². The van der Waals surface area contributed by atoms with Gasteiger partial charge in [0, 0.05) is 112 Å². The van der Waals surface area contributed by atoms with Crippen LogP contribution in [0.15, 0.2) is 273 Å². The van der Waals surface area contributed by atoms with E-state index in [4.69, 9.17) is 4.98 Å². The van der Waals surface area contributed by atoms with Crippen LogP contribution in [0.2, 0.25) is 0 Å². The second kappa shape index (κ2) is 29.7. The summed E-state index contributed by atoms with van der Waals surface area (Å²) in [7, 11) is 0. The van der Waals surface area contributed by atoms with Gasteiger partial charge in [0.15, 0.2) is 34.7 Å². The number of nitrogens with zero attached hydrogens (tertiary/aromatic N) is 2. The number of carbonyl (C=O) groups excluding carboxylic acids is 6. The molecule has 0 fully saturated rings. The average Bonchev–Trinajstić information content (AvgIpc) is 3.51. The number of benzene rings is 9. The zero-order chi connectivity index (χ0) is 53.6. The molecule has 0 unspecified atom stereocenters. The third-order valence-corrected chi connectivity index (χ3v) is 12.5. The Morgan fingerprint density at radius 1 is 0.359 bits per heavy atom. The number of fused-ring (bicyclic) bond motifs is 3. The van der Waals surface area contributed by atoms with Gasteiger partial charge in [-0.3, -0.25) is 33.8 Å². The van der Waals surface area contributed by atoms with Crippen molar-refractivity contribution in [2.45, 2.75) is 19.3 Å². The number of anilines is 2. The number of hydrogen-bond acceptors (Lipinski definition) is 8. The molecule has 0 amide bonds. The van der Waals surface area contributed by atoms with E-state index in [9.17, 15) is 28.8 Å². The first kappa shape index (κ1) is 57.2. The van der Waals surface area contributed by atoms with E-state index in [1.54, 1.807) is 146 Å². The summed E-state index contributed by atoms with van der Waals surface area (Å²) in [5, 5.41) is 1.19. The topological polar surface area (TPSA) is 119 Å². The quantitative estimate of drug-likeness (QED) is 0.0780. The molecule has 0 saturated heterocycles. The molecule has 383 valence electrons. The summed E-state index contributed by atoms with van der Waals surface area (Å²) in [4.78, 5) is 77.9. The van der Waals surface area contributed by atoms with Crippen LogP contribution in [0.5, 0.6) is 0 Å². The first-order valence-corrected chi connectivity index (χ1v) is 25.2. The second-order valence-electron chi connectivity index (χ2n) is 17.7. The van der Waals surface area contributed by atoms with Crippen LogP contribution in [0, 0.1) is 49.4 Å². The third-order valence-electron chi connectivity index (χ3n) is 12.5. The van der Waals surface area contributed by atoms with Crippen molar-refractivity contribution in [3.63, 3.8) is 0 Å². The summed E-state index contributed by atoms with van der Waals surface area (Å²) in [5.41, 5.74) is 10.6. The average molecular weight is 1160 g/mol. The van der Waals surface area contributed by atoms with Gasteiger partial charge in [0.1, 0.15) is 0 Å². The van der Waals surface area contributed by atoms with Gasteiger partial charge in [-0.15, -0.1) is 0 Å². The molecule has 1 radical (unpaired) electrons. The van der Waals surface area contributed by atoms with E-state index in [0.717, 1.165) is 12.1 Å². The summed E-state index contributed by atoms with van der Waals surface area (Å²) < 4.78 is 0. The molecule has 0 bridgehead atoms. The molecule has 11 rings (SSSR count). The Balaban J connectivity index is 0.000000154. The Hall–Kier alpha value is -8.47. The van der Waals surface area contributed by atoms with E-state index in [1.807, 2.05) is 42.6 Å². The predicted octanol–water partition coefficient (Wildman–Crippen LogP) is 15.5. The van der Waals surface area contributed by atoms with Crippen LogP contribution >= 0.6 is 0 Å². The van der Waals surface area contributed by atoms with Crippen molar-refractivity contribution >= 4 is 63.1 Å². The molecular formula is C69H54EuN2O6. The van der Waals surface area contributed by atoms with Crippen LogP contribution in [-0.4, -0.2) is 46.2 Å². The number of carbonyl (C=O) groups is 6. The van der Waals surface area contributed by atoms with Crippen molar-refractivity contribution < 1.29 is 78.1 Å². The minimum absolute atomic E-state index is 0. The second-order valence-corrected chi connectivity index (χ2v) is 17.7. The van der Waals surface area contributed by atoms with Gasteiger partial charge >= 0.3 is 0 Å². The maximum atomic E-state index is 11.8. The normalized spacial score (nSPS) is 10.8. The first-order valence-electron chi connectivity index (χ1n) is 25.2. The maximum Gasteiger partial charge on any atom is 0.170 e. The zero-order valence-electron chi connectivity index (χ0n) is 42.6. The molecule has 2 heterocycles. The van der Waals surface area contributed by atoms with Gasteiger partial charge in [0.2, 0.25) is 0 Å². The SMILES string of the molecule is C1=Cc2c(ccc3c(-c4ccccc4)ccnc23)N(c2ccccc2)C1.O=C(CC(=O)c1ccccc1)c1ccccc1.O=C(CC(=O)c1ccccc1)c1ccccc1.O=C(CC(=O)c1ccccc1)c1ccccc1.[Eu]. The molecule has 78 heavy (non-hydrogen) atoms. The monoisotopic (exact) mass is 1160 g/mol. The standard InChI is InChI=1S/C24H18N2.3C15H12O2.Eu/c1-3-8-18(9-4-1)20-15-16-25-24-21(20)13-14-23-22(24)12-7-17-26(23)19-10-5-2-6-11-19;3*16-14(12-7-3-1-4-8-12)11-15(17)13-9-5-2-6-10-13;/h1-16H,17H2;3*1-10H,11H2;. The van der Waals surface area contributed by atoms with Crippen LogP contribution in [0.1, 0.15) is 87.0 Å². The van der Waals surface area contributed by atoms with Crippen molar-refractivity contribution in [3.8, 4) is 11.1 Å². The molecule has 9 heteroatoms. The van der Waals surface area contributed by atoms with Gasteiger partial charge in [-0.1, -0.05) is 249 Å². The van der Waals surface area contributed by atoms with Gasteiger partial charge in [-0.25, -0.2) is 0 Å². The number of pyridine rings is 1. The van der Waals surface area contributed by atoms with Gasteiger partial charge < -0.3 is 4.90 Å². The summed E-state index contributed by atoms with van der Waals surface area (Å²) in [5.74, 6) is -0.836. The molecule has 0 N–H and O–H groups in total. The van der Waals surface area contributed by atoms with E-state index >= 15 is 0 Å². The number of Topliss-reactive ketones (excluding diaryl/α,β-unsaturated/α-hetero) is 6. The van der Waals surface area contributed by atoms with Crippen molar-refractivity contribution in [2.24, 2.45) is 0 Å². The molecule has 0 atom stereocenters. The van der Waals surface area contributed by atoms with Gasteiger partial charge in [0.05, 0.1) is 30.5 Å². The number of hydrogen-bond donors (Lipinski definition) is 0. The van der Waals surface area contributed by atoms with Crippen molar-refractivity contribution in [2.75, 3.05) is 11.4 Å². The Kier molecular flexibility index (Phi) is 21.8. The fraction of sp³-hybridized carbons (Fsp3) is 0.0580. The van der Waals surface area contributed by atoms with Crippen LogP contribution in [-0.2, 0) is 0 Å². The predicted molar refractivity (Wildman–Crippen MR) is 308 cm³/mol. The largest absolute Gasteiger partial charge is 0.337 e. The minimum Gasteiger partial charge on any atom is -0.337 e. The Bertz CT molecular complexity index is 3210. The molecule has 10 aromatic rings. The first-order chi connectivity index (χ1) is 37.7. The van der Waals surface area contributed by atoms with E-state index < -0.39 is 0 Å². The molecule has 0 spiro atoms. The van der Waals surface area contributed by atoms with Crippen molar-refractivity contribution in [3.05, 3.63) is 312 Å². The van der Waals surface area contributed by atoms with Crippen molar-refractivity contribution in [1.82, 2.24) is 4.98 Å². The molecule has 9 aromatic carbocycles. The number of rotatable bonds is 14. The summed E-state index contributed by atoms with van der Waals surface area (Å²) in [6.45, 7) is 0.876. The fourth-order valence-electron chi connectivity index (χ4n) is 8.52. The summed E-state index contributed by atoms with van der Waals surface area (Å²) in [6, 6.07) is 80.8. The van der Waals surface area contributed by atoms with Crippen LogP contribution < -0.4 is 4.90 Å².